The summed E-state index contributed by atoms with van der Waals surface area (Å²) < 4.78 is 5.68. The maximum atomic E-state index is 12.3. The summed E-state index contributed by atoms with van der Waals surface area (Å²) in [7, 11) is 0. The Balaban J connectivity index is 2.22. The van der Waals surface area contributed by atoms with Gasteiger partial charge in [0.1, 0.15) is 5.75 Å². The molecule has 0 bridgehead atoms. The van der Waals surface area contributed by atoms with Crippen LogP contribution in [0.5, 0.6) is 5.75 Å². The van der Waals surface area contributed by atoms with E-state index in [1.54, 1.807) is 18.3 Å². The summed E-state index contributed by atoms with van der Waals surface area (Å²) >= 11 is 0. The number of ether oxygens (including phenoxy) is 1. The lowest BCUT2D eigenvalue weighted by Crippen LogP contribution is -2.15. The fourth-order valence-electron chi connectivity index (χ4n) is 1.84. The number of hydrogen-bond donors (Lipinski definition) is 1. The van der Waals surface area contributed by atoms with E-state index in [1.165, 1.54) is 0 Å². The molecule has 0 radical (unpaired) electrons. The number of nitrogens with one attached hydrogen (secondary N) is 1. The number of benzene rings is 1. The van der Waals surface area contributed by atoms with E-state index in [1.807, 2.05) is 45.0 Å². The number of aryl methyl sites for hydroxylation is 1. The highest BCUT2D eigenvalue weighted by atomic mass is 16.5. The molecular formula is C16H18N2O2. The van der Waals surface area contributed by atoms with E-state index < -0.39 is 0 Å². The van der Waals surface area contributed by atoms with Crippen LogP contribution >= 0.6 is 0 Å². The maximum Gasteiger partial charge on any atom is 0.257 e. The summed E-state index contributed by atoms with van der Waals surface area (Å²) in [6, 6.07) is 10.9. The number of hydrogen-bond acceptors (Lipinski definition) is 3. The summed E-state index contributed by atoms with van der Waals surface area (Å²) in [5.74, 6) is 0.479. The molecule has 0 aliphatic heterocycles. The molecule has 0 saturated heterocycles. The van der Waals surface area contributed by atoms with Gasteiger partial charge in [-0.1, -0.05) is 12.1 Å². The highest BCUT2D eigenvalue weighted by molar-refractivity contribution is 6.05. The lowest BCUT2D eigenvalue weighted by Gasteiger charge is -2.15. The molecule has 1 heterocycles. The summed E-state index contributed by atoms with van der Waals surface area (Å²) in [5.41, 5.74) is 1.92. The maximum absolute atomic E-state index is 12.3. The van der Waals surface area contributed by atoms with Gasteiger partial charge in [0.2, 0.25) is 0 Å². The molecule has 0 fully saturated rings. The number of nitrogens with zero attached hydrogens (tertiary/aromatic N) is 1. The Labute approximate surface area is 118 Å². The first-order chi connectivity index (χ1) is 9.58. The van der Waals surface area contributed by atoms with E-state index in [9.17, 15) is 4.79 Å². The summed E-state index contributed by atoms with van der Waals surface area (Å²) in [6.07, 6.45) is 1.72. The van der Waals surface area contributed by atoms with Gasteiger partial charge in [-0.2, -0.15) is 0 Å². The number of para-hydroxylation sites is 2. The Bertz CT molecular complexity index is 609. The van der Waals surface area contributed by atoms with Gasteiger partial charge in [0, 0.05) is 11.9 Å². The minimum atomic E-state index is -0.185. The Morgan fingerprint density at radius 2 is 1.95 bits per heavy atom. The van der Waals surface area contributed by atoms with E-state index in [2.05, 4.69) is 10.3 Å². The predicted octanol–water partition coefficient (Wildman–Crippen LogP) is 3.43. The molecule has 1 aromatic heterocycles. The Hall–Kier alpha value is -2.36. The smallest absolute Gasteiger partial charge is 0.257 e. The average molecular weight is 270 g/mol. The summed E-state index contributed by atoms with van der Waals surface area (Å²) in [5, 5.41) is 2.87. The largest absolute Gasteiger partial charge is 0.489 e. The first-order valence-corrected chi connectivity index (χ1v) is 6.56. The zero-order chi connectivity index (χ0) is 14.5. The third-order valence-corrected chi connectivity index (χ3v) is 2.75. The van der Waals surface area contributed by atoms with Crippen molar-refractivity contribution < 1.29 is 9.53 Å². The Morgan fingerprint density at radius 1 is 1.20 bits per heavy atom. The van der Waals surface area contributed by atoms with Gasteiger partial charge in [-0.3, -0.25) is 9.78 Å². The second kappa shape index (κ2) is 6.19. The standard InChI is InChI=1S/C16H18N2O2/c1-11(2)20-15-9-5-4-8-14(15)18-16(19)13-7-6-10-17-12(13)3/h4-11H,1-3H3,(H,18,19). The molecule has 0 unspecified atom stereocenters. The van der Waals surface area contributed by atoms with Crippen molar-refractivity contribution in [3.63, 3.8) is 0 Å². The van der Waals surface area contributed by atoms with E-state index in [4.69, 9.17) is 4.74 Å². The molecule has 2 aromatic rings. The van der Waals surface area contributed by atoms with E-state index >= 15 is 0 Å². The minimum absolute atomic E-state index is 0.0492. The van der Waals surface area contributed by atoms with Crippen molar-refractivity contribution in [1.82, 2.24) is 4.98 Å². The third kappa shape index (κ3) is 3.35. The van der Waals surface area contributed by atoms with Gasteiger partial charge in [-0.25, -0.2) is 0 Å². The summed E-state index contributed by atoms with van der Waals surface area (Å²) in [6.45, 7) is 5.71. The van der Waals surface area contributed by atoms with Gasteiger partial charge in [0.25, 0.3) is 5.91 Å². The molecule has 2 rings (SSSR count). The molecule has 20 heavy (non-hydrogen) atoms. The number of carbonyl (C=O) groups excluding carboxylic acids is 1. The van der Waals surface area contributed by atoms with Crippen LogP contribution in [0.15, 0.2) is 42.6 Å². The van der Waals surface area contributed by atoms with E-state index in [0.29, 0.717) is 22.7 Å². The predicted molar refractivity (Wildman–Crippen MR) is 79.1 cm³/mol. The molecular weight excluding hydrogens is 252 g/mol. The first kappa shape index (κ1) is 14.1. The number of amides is 1. The van der Waals surface area contributed by atoms with Gasteiger partial charge in [-0.15, -0.1) is 0 Å². The molecule has 0 aliphatic carbocycles. The summed E-state index contributed by atoms with van der Waals surface area (Å²) in [4.78, 5) is 16.4. The quantitative estimate of drug-likeness (QED) is 0.926. The molecule has 0 spiro atoms. The van der Waals surface area contributed by atoms with Crippen molar-refractivity contribution in [2.75, 3.05) is 5.32 Å². The highest BCUT2D eigenvalue weighted by Gasteiger charge is 2.12. The van der Waals surface area contributed by atoms with Crippen LogP contribution in [0.2, 0.25) is 0 Å². The van der Waals surface area contributed by atoms with Gasteiger partial charge in [0.15, 0.2) is 0 Å². The SMILES string of the molecule is Cc1ncccc1C(=O)Nc1ccccc1OC(C)C. The van der Waals surface area contributed by atoms with Gasteiger partial charge >= 0.3 is 0 Å². The highest BCUT2D eigenvalue weighted by Crippen LogP contribution is 2.25. The third-order valence-electron chi connectivity index (χ3n) is 2.75. The number of carbonyl (C=O) groups is 1. The number of rotatable bonds is 4. The average Bonchev–Trinajstić information content (AvgIpc) is 2.41. The van der Waals surface area contributed by atoms with Crippen molar-refractivity contribution in [3.05, 3.63) is 53.9 Å². The molecule has 4 nitrogen and oxygen atoms in total. The first-order valence-electron chi connectivity index (χ1n) is 6.56. The molecule has 0 atom stereocenters. The molecule has 1 aromatic carbocycles. The van der Waals surface area contributed by atoms with Crippen molar-refractivity contribution in [3.8, 4) is 5.75 Å². The van der Waals surface area contributed by atoms with Crippen LogP contribution in [0.25, 0.3) is 0 Å². The van der Waals surface area contributed by atoms with Crippen LogP contribution in [0.3, 0.4) is 0 Å². The molecule has 0 saturated carbocycles. The second-order valence-corrected chi connectivity index (χ2v) is 4.75. The van der Waals surface area contributed by atoms with Crippen molar-refractivity contribution in [2.45, 2.75) is 26.9 Å². The van der Waals surface area contributed by atoms with Gasteiger partial charge < -0.3 is 10.1 Å². The Kier molecular flexibility index (Phi) is 4.35. The number of anilines is 1. The van der Waals surface area contributed by atoms with Crippen LogP contribution in [0.4, 0.5) is 5.69 Å². The zero-order valence-electron chi connectivity index (χ0n) is 11.9. The molecule has 0 aliphatic rings. The molecule has 1 N–H and O–H groups in total. The normalized spacial score (nSPS) is 10.4. The number of aromatic nitrogens is 1. The topological polar surface area (TPSA) is 51.2 Å². The zero-order valence-corrected chi connectivity index (χ0v) is 11.9. The minimum Gasteiger partial charge on any atom is -0.489 e. The van der Waals surface area contributed by atoms with Crippen molar-refractivity contribution in [2.24, 2.45) is 0 Å². The molecule has 1 amide bonds. The van der Waals surface area contributed by atoms with Crippen LogP contribution in [0.1, 0.15) is 29.9 Å². The lowest BCUT2D eigenvalue weighted by atomic mass is 10.2. The van der Waals surface area contributed by atoms with Crippen molar-refractivity contribution >= 4 is 11.6 Å². The van der Waals surface area contributed by atoms with E-state index in [-0.39, 0.29) is 12.0 Å². The van der Waals surface area contributed by atoms with Crippen LogP contribution < -0.4 is 10.1 Å². The van der Waals surface area contributed by atoms with Gasteiger partial charge in [0.05, 0.1) is 17.4 Å². The van der Waals surface area contributed by atoms with Crippen LogP contribution in [-0.2, 0) is 0 Å². The van der Waals surface area contributed by atoms with Crippen LogP contribution in [0, 0.1) is 6.92 Å². The molecule has 4 heteroatoms. The van der Waals surface area contributed by atoms with Gasteiger partial charge in [-0.05, 0) is 45.0 Å². The Morgan fingerprint density at radius 3 is 2.65 bits per heavy atom. The monoisotopic (exact) mass is 270 g/mol. The second-order valence-electron chi connectivity index (χ2n) is 4.75. The lowest BCUT2D eigenvalue weighted by molar-refractivity contribution is 0.102. The van der Waals surface area contributed by atoms with E-state index in [0.717, 1.165) is 0 Å². The van der Waals surface area contributed by atoms with Crippen LogP contribution in [-0.4, -0.2) is 17.0 Å². The van der Waals surface area contributed by atoms with Crippen molar-refractivity contribution in [1.29, 1.82) is 0 Å². The fourth-order valence-corrected chi connectivity index (χ4v) is 1.84. The number of pyridine rings is 1. The fraction of sp³-hybridized carbons (Fsp3) is 0.250. The molecule has 104 valence electrons.